The molecular formula is C17H12FLiN4O3S. The second-order valence-corrected chi connectivity index (χ2v) is 6.59. The number of benzene rings is 1. The van der Waals surface area contributed by atoms with Gasteiger partial charge in [0, 0.05) is 0 Å². The molecule has 0 saturated carbocycles. The van der Waals surface area contributed by atoms with E-state index in [1.807, 2.05) is 0 Å². The van der Waals surface area contributed by atoms with Gasteiger partial charge in [0.25, 0.3) is 0 Å². The standard InChI is InChI=1S/C17H12FN4O3S.Li/c1-9-6-10(15-12(18)4-3-5-13(15)25-2)11(7-19-9)16(24)20-17-22-21-14(8-23)26-17;/h3-7H,1-2H3,(H,20,22,24);. The van der Waals surface area contributed by atoms with E-state index >= 15 is 0 Å². The van der Waals surface area contributed by atoms with E-state index in [-0.39, 0.29) is 25.7 Å². The fourth-order valence-corrected chi connectivity index (χ4v) is 3.10. The third-order valence-corrected chi connectivity index (χ3v) is 4.64. The van der Waals surface area contributed by atoms with Crippen molar-refractivity contribution in [3.05, 3.63) is 52.5 Å². The van der Waals surface area contributed by atoms with Crippen LogP contribution in [-0.4, -0.2) is 50.4 Å². The molecule has 0 spiro atoms. The molecule has 3 rings (SSSR count). The van der Waals surface area contributed by atoms with Crippen LogP contribution in [0.5, 0.6) is 5.75 Å². The van der Waals surface area contributed by atoms with Crippen molar-refractivity contribution >= 4 is 44.5 Å². The molecule has 0 fully saturated rings. The number of anilines is 1. The number of amides is 1. The van der Waals surface area contributed by atoms with E-state index in [4.69, 9.17) is 4.74 Å². The maximum atomic E-state index is 14.5. The average Bonchev–Trinajstić information content (AvgIpc) is 3.10. The van der Waals surface area contributed by atoms with Gasteiger partial charge in [0.15, 0.2) is 0 Å². The Bertz CT molecular complexity index is 1040. The number of hydrogen-bond donors (Lipinski definition) is 1. The summed E-state index contributed by atoms with van der Waals surface area (Å²) in [4.78, 5) is 28.2. The third kappa shape index (κ3) is 4.06. The van der Waals surface area contributed by atoms with Gasteiger partial charge < -0.3 is 0 Å². The van der Waals surface area contributed by atoms with Gasteiger partial charge in [-0.3, -0.25) is 0 Å². The number of carbonyl (C=O) groups excluding carboxylic acids is 2. The fraction of sp³-hybridized carbons (Fsp3) is 0.118. The number of methoxy groups -OCH3 is 1. The molecule has 2 heterocycles. The van der Waals surface area contributed by atoms with Gasteiger partial charge in [0.1, 0.15) is 0 Å². The van der Waals surface area contributed by atoms with Crippen molar-refractivity contribution in [1.82, 2.24) is 15.2 Å². The number of aromatic nitrogens is 3. The molecule has 3 aromatic rings. The van der Waals surface area contributed by atoms with Crippen LogP contribution in [0, 0.1) is 12.7 Å². The molecule has 0 atom stereocenters. The number of ether oxygens (including phenoxy) is 1. The van der Waals surface area contributed by atoms with Crippen LogP contribution in [0.1, 0.15) is 25.9 Å². The summed E-state index contributed by atoms with van der Waals surface area (Å²) >= 11 is 2.32. The van der Waals surface area contributed by atoms with Crippen molar-refractivity contribution in [2.75, 3.05) is 12.4 Å². The van der Waals surface area contributed by atoms with Crippen LogP contribution < -0.4 is 10.1 Å². The molecule has 0 aliphatic heterocycles. The molecule has 0 unspecified atom stereocenters. The molecule has 2 aromatic heterocycles. The van der Waals surface area contributed by atoms with Gasteiger partial charge in [-0.1, -0.05) is 0 Å². The first-order valence-electron chi connectivity index (χ1n) is 7.86. The normalized spacial score (nSPS) is 10.6. The van der Waals surface area contributed by atoms with Crippen molar-refractivity contribution in [2.24, 2.45) is 0 Å². The molecule has 0 bridgehead atoms. The first-order valence-corrected chi connectivity index (χ1v) is 8.67. The molecule has 1 aromatic carbocycles. The van der Waals surface area contributed by atoms with E-state index in [1.54, 1.807) is 19.1 Å². The van der Waals surface area contributed by atoms with Crippen LogP contribution in [0.25, 0.3) is 11.1 Å². The topological polar surface area (TPSA) is 94.1 Å². The van der Waals surface area contributed by atoms with E-state index in [9.17, 15) is 14.0 Å². The molecule has 0 aliphatic rings. The number of nitrogens with one attached hydrogen (secondary N) is 1. The van der Waals surface area contributed by atoms with Crippen molar-refractivity contribution in [1.29, 1.82) is 0 Å². The predicted octanol–water partition coefficient (Wildman–Crippen LogP) is 2.62. The minimum absolute atomic E-state index is 0.142. The minimum atomic E-state index is -0.547. The van der Waals surface area contributed by atoms with Gasteiger partial charge in [0.05, 0.1) is 0 Å². The first-order chi connectivity index (χ1) is 12.9. The Hall–Kier alpha value is -2.60. The third-order valence-electron chi connectivity index (χ3n) is 3.70. The summed E-state index contributed by atoms with van der Waals surface area (Å²) < 4.78 is 19.5. The number of halogens is 1. The second kappa shape index (κ2) is 7.96. The van der Waals surface area contributed by atoms with Crippen LogP contribution in [0.2, 0.25) is 0 Å². The first kappa shape index (κ1) is 19.2. The van der Waals surface area contributed by atoms with Crippen molar-refractivity contribution in [3.63, 3.8) is 0 Å². The van der Waals surface area contributed by atoms with Crippen molar-refractivity contribution in [2.45, 2.75) is 6.92 Å². The van der Waals surface area contributed by atoms with Gasteiger partial charge in [-0.2, -0.15) is 0 Å². The van der Waals surface area contributed by atoms with Gasteiger partial charge in [-0.15, -0.1) is 0 Å². The molecule has 1 amide bonds. The Morgan fingerprint density at radius 3 is 2.74 bits per heavy atom. The monoisotopic (exact) mass is 378 g/mol. The summed E-state index contributed by atoms with van der Waals surface area (Å²) in [6.45, 7) is 1.74. The molecule has 0 aliphatic carbocycles. The van der Waals surface area contributed by atoms with Crippen LogP contribution in [0.3, 0.4) is 0 Å². The quantitative estimate of drug-likeness (QED) is 0.686. The zero-order valence-corrected chi connectivity index (χ0v) is 15.6. The molecular weight excluding hydrogens is 366 g/mol. The Labute approximate surface area is 167 Å². The Morgan fingerprint density at radius 2 is 2.07 bits per heavy atom. The summed E-state index contributed by atoms with van der Waals surface area (Å²) in [7, 11) is 1.43. The number of hydrogen-bond acceptors (Lipinski definition) is 7. The summed E-state index contributed by atoms with van der Waals surface area (Å²) in [5.74, 6) is -0.776. The summed E-state index contributed by atoms with van der Waals surface area (Å²) in [6, 6.07) is 6.03. The van der Waals surface area contributed by atoms with Gasteiger partial charge in [-0.25, -0.2) is 0 Å². The number of nitrogens with zero attached hydrogens (tertiary/aromatic N) is 3. The van der Waals surface area contributed by atoms with Crippen molar-refractivity contribution in [3.8, 4) is 16.9 Å². The van der Waals surface area contributed by atoms with Crippen molar-refractivity contribution < 1.29 is 18.7 Å². The molecule has 7 nitrogen and oxygen atoms in total. The molecule has 0 saturated heterocycles. The number of rotatable bonds is 5. The number of aryl methyl sites for hydroxylation is 1. The zero-order chi connectivity index (χ0) is 19.6. The van der Waals surface area contributed by atoms with Gasteiger partial charge in [0.2, 0.25) is 0 Å². The van der Waals surface area contributed by atoms with Crippen LogP contribution >= 0.6 is 11.3 Å². The van der Waals surface area contributed by atoms with E-state index in [0.717, 1.165) is 11.3 Å². The molecule has 10 heteroatoms. The van der Waals surface area contributed by atoms with Crippen LogP contribution in [-0.2, 0) is 0 Å². The van der Waals surface area contributed by atoms with Gasteiger partial charge >= 0.3 is 167 Å². The second-order valence-electron chi connectivity index (χ2n) is 5.61. The molecule has 1 N–H and O–H groups in total. The molecule has 132 valence electrons. The van der Waals surface area contributed by atoms with E-state index in [1.165, 1.54) is 43.2 Å². The SMILES string of the molecule is [Li][C](=O)c1nnc(NC(=O)c2cnc(C)cc2-c2c(F)cccc2OC)s1. The van der Waals surface area contributed by atoms with E-state index < -0.39 is 11.7 Å². The summed E-state index contributed by atoms with van der Waals surface area (Å²) in [6.07, 6.45) is 1.36. The molecule has 0 radical (unpaired) electrons. The number of carbonyl (C=O) groups is 2. The summed E-state index contributed by atoms with van der Waals surface area (Å²) in [5.41, 5.74) is 1.26. The Balaban J connectivity index is 2.04. The maximum absolute atomic E-state index is 14.5. The Kier molecular flexibility index (Phi) is 5.65. The predicted molar refractivity (Wildman–Crippen MR) is 98.9 cm³/mol. The average molecular weight is 378 g/mol. The zero-order valence-electron chi connectivity index (χ0n) is 14.7. The summed E-state index contributed by atoms with van der Waals surface area (Å²) in [5, 5.41) is 10.4. The number of pyridine rings is 1. The van der Waals surface area contributed by atoms with E-state index in [0.29, 0.717) is 17.0 Å². The van der Waals surface area contributed by atoms with Crippen LogP contribution in [0.4, 0.5) is 9.52 Å². The van der Waals surface area contributed by atoms with E-state index in [2.05, 4.69) is 20.5 Å². The molecule has 27 heavy (non-hydrogen) atoms. The van der Waals surface area contributed by atoms with Gasteiger partial charge in [-0.05, 0) is 0 Å². The Morgan fingerprint density at radius 1 is 1.30 bits per heavy atom. The fourth-order valence-electron chi connectivity index (χ4n) is 2.46. The van der Waals surface area contributed by atoms with Crippen LogP contribution in [0.15, 0.2) is 30.5 Å².